The van der Waals surface area contributed by atoms with Gasteiger partial charge >= 0.3 is 0 Å². The zero-order chi connectivity index (χ0) is 17.0. The third-order valence-corrected chi connectivity index (χ3v) is 6.18. The molecular weight excluding hydrogens is 326 g/mol. The van der Waals surface area contributed by atoms with E-state index >= 15 is 0 Å². The molecule has 1 aromatic rings. The first-order valence-electron chi connectivity index (χ1n) is 8.71. The van der Waals surface area contributed by atoms with E-state index in [0.717, 1.165) is 26.2 Å². The summed E-state index contributed by atoms with van der Waals surface area (Å²) in [6.45, 7) is 4.68. The summed E-state index contributed by atoms with van der Waals surface area (Å²) >= 11 is 0. The highest BCUT2D eigenvalue weighted by molar-refractivity contribution is 7.89. The van der Waals surface area contributed by atoms with Crippen LogP contribution >= 0.6 is 0 Å². The highest BCUT2D eigenvalue weighted by Crippen LogP contribution is 2.34. The summed E-state index contributed by atoms with van der Waals surface area (Å²) in [5.74, 6) is 0.676. The minimum atomic E-state index is -3.65. The number of sulfonamides is 1. The van der Waals surface area contributed by atoms with Gasteiger partial charge in [0.2, 0.25) is 10.0 Å². The van der Waals surface area contributed by atoms with Gasteiger partial charge in [0.25, 0.3) is 0 Å². The largest absolute Gasteiger partial charge is 0.492 e. The summed E-state index contributed by atoms with van der Waals surface area (Å²) in [6, 6.07) is 6.29. The average molecular weight is 353 g/mol. The van der Waals surface area contributed by atoms with Crippen LogP contribution in [-0.2, 0) is 10.0 Å². The molecule has 1 aliphatic heterocycles. The van der Waals surface area contributed by atoms with Crippen molar-refractivity contribution in [3.8, 4) is 5.75 Å². The molecule has 1 aromatic carbocycles. The Morgan fingerprint density at radius 2 is 1.88 bits per heavy atom. The number of nitrogens with one attached hydrogen (secondary N) is 1. The van der Waals surface area contributed by atoms with E-state index in [9.17, 15) is 8.42 Å². The molecule has 1 heterocycles. The number of primary sulfonamides is 1. The van der Waals surface area contributed by atoms with Gasteiger partial charge in [0, 0.05) is 31.7 Å². The molecule has 6 nitrogen and oxygen atoms in total. The van der Waals surface area contributed by atoms with Gasteiger partial charge in [0.1, 0.15) is 12.4 Å². The van der Waals surface area contributed by atoms with Crippen molar-refractivity contribution in [3.05, 3.63) is 24.3 Å². The number of piperazine rings is 1. The van der Waals surface area contributed by atoms with E-state index in [0.29, 0.717) is 17.9 Å². The Hall–Kier alpha value is -1.15. The lowest BCUT2D eigenvalue weighted by atomic mass is 9.79. The zero-order valence-electron chi connectivity index (χ0n) is 14.0. The lowest BCUT2D eigenvalue weighted by Crippen LogP contribution is -2.62. The number of benzene rings is 1. The fraction of sp³-hybridized carbons (Fsp3) is 0.647. The molecular formula is C17H27N3O3S. The standard InChI is InChI=1S/C17H27N3O3S/c18-24(21,22)16-6-4-15(5-7-16)23-13-12-20-11-10-19-14-17(20)8-2-1-3-9-17/h4-7,19H,1-3,8-14H2,(H2,18,21,22). The first-order valence-corrected chi connectivity index (χ1v) is 10.3. The second-order valence-electron chi connectivity index (χ2n) is 6.81. The van der Waals surface area contributed by atoms with Crippen molar-refractivity contribution in [2.75, 3.05) is 32.8 Å². The van der Waals surface area contributed by atoms with Crippen LogP contribution < -0.4 is 15.2 Å². The number of ether oxygens (including phenoxy) is 1. The van der Waals surface area contributed by atoms with Gasteiger partial charge in [-0.05, 0) is 37.1 Å². The molecule has 1 aliphatic carbocycles. The van der Waals surface area contributed by atoms with Crippen LogP contribution in [0.5, 0.6) is 5.75 Å². The second kappa shape index (κ2) is 7.39. The van der Waals surface area contributed by atoms with E-state index in [-0.39, 0.29) is 4.90 Å². The Morgan fingerprint density at radius 1 is 1.17 bits per heavy atom. The van der Waals surface area contributed by atoms with Crippen molar-refractivity contribution in [1.82, 2.24) is 10.2 Å². The quantitative estimate of drug-likeness (QED) is 0.834. The normalized spacial score (nSPS) is 21.7. The number of nitrogens with zero attached hydrogens (tertiary/aromatic N) is 1. The fourth-order valence-electron chi connectivity index (χ4n) is 3.94. The Bertz CT molecular complexity index is 631. The molecule has 134 valence electrons. The van der Waals surface area contributed by atoms with E-state index in [2.05, 4.69) is 10.2 Å². The van der Waals surface area contributed by atoms with Gasteiger partial charge in [0.05, 0.1) is 4.90 Å². The lowest BCUT2D eigenvalue weighted by molar-refractivity contribution is 0.0183. The highest BCUT2D eigenvalue weighted by Gasteiger charge is 2.39. The molecule has 1 saturated carbocycles. The van der Waals surface area contributed by atoms with Gasteiger partial charge < -0.3 is 10.1 Å². The van der Waals surface area contributed by atoms with Gasteiger partial charge in [-0.1, -0.05) is 19.3 Å². The molecule has 0 aromatic heterocycles. The molecule has 1 spiro atoms. The number of nitrogens with two attached hydrogens (primary N) is 1. The van der Waals surface area contributed by atoms with Crippen molar-refractivity contribution in [1.29, 1.82) is 0 Å². The van der Waals surface area contributed by atoms with Gasteiger partial charge in [-0.15, -0.1) is 0 Å². The Kier molecular flexibility index (Phi) is 5.44. The van der Waals surface area contributed by atoms with Crippen LogP contribution in [0.1, 0.15) is 32.1 Å². The van der Waals surface area contributed by atoms with E-state index in [1.165, 1.54) is 44.2 Å². The van der Waals surface area contributed by atoms with Crippen molar-refractivity contribution < 1.29 is 13.2 Å². The number of hydrogen-bond donors (Lipinski definition) is 2. The molecule has 2 aliphatic rings. The van der Waals surface area contributed by atoms with Crippen molar-refractivity contribution in [2.24, 2.45) is 5.14 Å². The van der Waals surface area contributed by atoms with Crippen LogP contribution in [0.4, 0.5) is 0 Å². The molecule has 0 amide bonds. The second-order valence-corrected chi connectivity index (χ2v) is 8.38. The van der Waals surface area contributed by atoms with Gasteiger partial charge in [-0.25, -0.2) is 13.6 Å². The minimum absolute atomic E-state index is 0.109. The number of hydrogen-bond acceptors (Lipinski definition) is 5. The number of rotatable bonds is 5. The Labute approximate surface area is 144 Å². The molecule has 0 radical (unpaired) electrons. The molecule has 3 N–H and O–H groups in total. The van der Waals surface area contributed by atoms with Gasteiger partial charge in [-0.3, -0.25) is 4.90 Å². The van der Waals surface area contributed by atoms with Crippen LogP contribution in [-0.4, -0.2) is 51.6 Å². The van der Waals surface area contributed by atoms with E-state index < -0.39 is 10.0 Å². The predicted molar refractivity (Wildman–Crippen MR) is 93.6 cm³/mol. The first-order chi connectivity index (χ1) is 11.5. The molecule has 0 unspecified atom stereocenters. The Morgan fingerprint density at radius 3 is 2.54 bits per heavy atom. The van der Waals surface area contributed by atoms with Crippen LogP contribution in [0.3, 0.4) is 0 Å². The maximum Gasteiger partial charge on any atom is 0.238 e. The van der Waals surface area contributed by atoms with E-state index in [1.807, 2.05) is 0 Å². The third-order valence-electron chi connectivity index (χ3n) is 5.25. The zero-order valence-corrected chi connectivity index (χ0v) is 14.9. The van der Waals surface area contributed by atoms with Crippen molar-refractivity contribution in [3.63, 3.8) is 0 Å². The summed E-state index contributed by atoms with van der Waals surface area (Å²) in [5, 5.41) is 8.65. The average Bonchev–Trinajstić information content (AvgIpc) is 2.57. The fourth-order valence-corrected chi connectivity index (χ4v) is 4.45. The summed E-state index contributed by atoms with van der Waals surface area (Å²) < 4.78 is 28.3. The third kappa shape index (κ3) is 4.08. The molecule has 0 atom stereocenters. The van der Waals surface area contributed by atoms with Gasteiger partial charge in [-0.2, -0.15) is 0 Å². The molecule has 24 heavy (non-hydrogen) atoms. The topological polar surface area (TPSA) is 84.7 Å². The molecule has 1 saturated heterocycles. The SMILES string of the molecule is NS(=O)(=O)c1ccc(OCCN2CCNCC23CCCCC3)cc1. The summed E-state index contributed by atoms with van der Waals surface area (Å²) in [6.07, 6.45) is 6.51. The van der Waals surface area contributed by atoms with Gasteiger partial charge in [0.15, 0.2) is 0 Å². The highest BCUT2D eigenvalue weighted by atomic mass is 32.2. The maximum absolute atomic E-state index is 11.3. The van der Waals surface area contributed by atoms with Crippen LogP contribution in [0.2, 0.25) is 0 Å². The van der Waals surface area contributed by atoms with E-state index in [1.54, 1.807) is 12.1 Å². The summed E-state index contributed by atoms with van der Waals surface area (Å²) in [7, 11) is -3.65. The molecule has 3 rings (SSSR count). The minimum Gasteiger partial charge on any atom is -0.492 e. The molecule has 7 heteroatoms. The van der Waals surface area contributed by atoms with Crippen LogP contribution in [0.15, 0.2) is 29.2 Å². The van der Waals surface area contributed by atoms with Crippen LogP contribution in [0.25, 0.3) is 0 Å². The van der Waals surface area contributed by atoms with Crippen LogP contribution in [0, 0.1) is 0 Å². The molecule has 0 bridgehead atoms. The van der Waals surface area contributed by atoms with Crippen molar-refractivity contribution >= 4 is 10.0 Å². The Balaban J connectivity index is 1.55. The lowest BCUT2D eigenvalue weighted by Gasteiger charge is -2.49. The van der Waals surface area contributed by atoms with E-state index in [4.69, 9.17) is 9.88 Å². The maximum atomic E-state index is 11.3. The van der Waals surface area contributed by atoms with Crippen molar-refractivity contribution in [2.45, 2.75) is 42.5 Å². The first kappa shape index (κ1) is 17.7. The monoisotopic (exact) mass is 353 g/mol. The smallest absolute Gasteiger partial charge is 0.238 e. The molecule has 2 fully saturated rings. The predicted octanol–water partition coefficient (Wildman–Crippen LogP) is 1.32. The summed E-state index contributed by atoms with van der Waals surface area (Å²) in [4.78, 5) is 2.69. The summed E-state index contributed by atoms with van der Waals surface area (Å²) in [5.41, 5.74) is 0.303.